The Hall–Kier alpha value is -0.870. The first kappa shape index (κ1) is 16.5. The van der Waals surface area contributed by atoms with E-state index in [1.807, 2.05) is 25.1 Å². The van der Waals surface area contributed by atoms with Gasteiger partial charge in [-0.25, -0.2) is 0 Å². The van der Waals surface area contributed by atoms with Gasteiger partial charge in [0.2, 0.25) is 0 Å². The van der Waals surface area contributed by atoms with E-state index in [9.17, 15) is 4.79 Å². The van der Waals surface area contributed by atoms with Gasteiger partial charge in [-0.3, -0.25) is 4.79 Å². The minimum atomic E-state index is 0.0114. The maximum absolute atomic E-state index is 12.2. The average molecular weight is 353 g/mol. The van der Waals surface area contributed by atoms with Crippen LogP contribution in [0.25, 0.3) is 0 Å². The SMILES string of the molecule is Cc1cccc(C(=O)NCCCN2CCCCC2C)c1Br. The van der Waals surface area contributed by atoms with Gasteiger partial charge < -0.3 is 10.2 Å². The largest absolute Gasteiger partial charge is 0.352 e. The molecule has 0 radical (unpaired) electrons. The topological polar surface area (TPSA) is 32.3 Å². The Labute approximate surface area is 136 Å². The van der Waals surface area contributed by atoms with Crippen molar-refractivity contribution in [3.05, 3.63) is 33.8 Å². The van der Waals surface area contributed by atoms with Gasteiger partial charge in [0.05, 0.1) is 5.56 Å². The van der Waals surface area contributed by atoms with Crippen molar-refractivity contribution in [2.75, 3.05) is 19.6 Å². The molecule has 1 aliphatic heterocycles. The molecule has 1 aromatic carbocycles. The van der Waals surface area contributed by atoms with Gasteiger partial charge in [0, 0.05) is 23.6 Å². The number of carbonyl (C=O) groups excluding carboxylic acids is 1. The molecule has 0 spiro atoms. The Morgan fingerprint density at radius 1 is 1.43 bits per heavy atom. The van der Waals surface area contributed by atoms with E-state index in [1.54, 1.807) is 0 Å². The molecule has 0 bridgehead atoms. The van der Waals surface area contributed by atoms with E-state index in [0.29, 0.717) is 6.04 Å². The lowest BCUT2D eigenvalue weighted by Crippen LogP contribution is -2.39. The van der Waals surface area contributed by atoms with Crippen molar-refractivity contribution in [2.45, 2.75) is 45.6 Å². The van der Waals surface area contributed by atoms with E-state index in [1.165, 1.54) is 25.8 Å². The van der Waals surface area contributed by atoms with Crippen LogP contribution < -0.4 is 5.32 Å². The second kappa shape index (κ2) is 7.95. The molecule has 2 rings (SSSR count). The maximum atomic E-state index is 12.2. The number of rotatable bonds is 5. The van der Waals surface area contributed by atoms with Crippen LogP contribution in [-0.2, 0) is 0 Å². The summed E-state index contributed by atoms with van der Waals surface area (Å²) in [6.45, 7) is 7.33. The molecular formula is C17H25BrN2O. The van der Waals surface area contributed by atoms with Gasteiger partial charge in [0.25, 0.3) is 5.91 Å². The molecule has 1 aliphatic rings. The second-order valence-corrected chi connectivity index (χ2v) is 6.72. The number of carbonyl (C=O) groups is 1. The number of amides is 1. The highest BCUT2D eigenvalue weighted by molar-refractivity contribution is 9.10. The third-order valence-corrected chi connectivity index (χ3v) is 5.34. The zero-order valence-corrected chi connectivity index (χ0v) is 14.6. The number of hydrogen-bond acceptors (Lipinski definition) is 2. The normalized spacial score (nSPS) is 19.5. The quantitative estimate of drug-likeness (QED) is 0.818. The highest BCUT2D eigenvalue weighted by Gasteiger charge is 2.17. The summed E-state index contributed by atoms with van der Waals surface area (Å²) in [5.74, 6) is 0.0114. The fourth-order valence-electron chi connectivity index (χ4n) is 2.89. The molecule has 0 saturated carbocycles. The number of likely N-dealkylation sites (tertiary alicyclic amines) is 1. The van der Waals surface area contributed by atoms with Crippen molar-refractivity contribution < 1.29 is 4.79 Å². The van der Waals surface area contributed by atoms with Crippen LogP contribution in [0.5, 0.6) is 0 Å². The Morgan fingerprint density at radius 2 is 2.24 bits per heavy atom. The third kappa shape index (κ3) is 4.55. The predicted octanol–water partition coefficient (Wildman–Crippen LogP) is 3.75. The van der Waals surface area contributed by atoms with Crippen molar-refractivity contribution >= 4 is 21.8 Å². The van der Waals surface area contributed by atoms with E-state index < -0.39 is 0 Å². The lowest BCUT2D eigenvalue weighted by Gasteiger charge is -2.33. The van der Waals surface area contributed by atoms with Crippen molar-refractivity contribution in [3.8, 4) is 0 Å². The van der Waals surface area contributed by atoms with E-state index in [2.05, 4.69) is 33.1 Å². The van der Waals surface area contributed by atoms with Crippen LogP contribution in [-0.4, -0.2) is 36.5 Å². The van der Waals surface area contributed by atoms with Gasteiger partial charge in [-0.15, -0.1) is 0 Å². The summed E-state index contributed by atoms with van der Waals surface area (Å²) in [7, 11) is 0. The van der Waals surface area contributed by atoms with Gasteiger partial charge in [-0.1, -0.05) is 18.6 Å². The summed E-state index contributed by atoms with van der Waals surface area (Å²) in [6.07, 6.45) is 4.99. The minimum absolute atomic E-state index is 0.0114. The Bertz CT molecular complexity index is 490. The number of benzene rings is 1. The lowest BCUT2D eigenvalue weighted by atomic mass is 10.0. The fraction of sp³-hybridized carbons (Fsp3) is 0.588. The summed E-state index contributed by atoms with van der Waals surface area (Å²) < 4.78 is 0.896. The third-order valence-electron chi connectivity index (χ3n) is 4.28. The molecule has 4 heteroatoms. The molecule has 1 amide bonds. The molecule has 1 N–H and O–H groups in total. The van der Waals surface area contributed by atoms with E-state index in [-0.39, 0.29) is 5.91 Å². The molecule has 1 aromatic rings. The lowest BCUT2D eigenvalue weighted by molar-refractivity contribution is 0.0948. The Kier molecular flexibility index (Phi) is 6.24. The molecule has 0 aliphatic carbocycles. The van der Waals surface area contributed by atoms with Crippen LogP contribution in [0.4, 0.5) is 0 Å². The monoisotopic (exact) mass is 352 g/mol. The van der Waals surface area contributed by atoms with Gasteiger partial charge in [0.1, 0.15) is 0 Å². The molecule has 21 heavy (non-hydrogen) atoms. The summed E-state index contributed by atoms with van der Waals surface area (Å²) in [5.41, 5.74) is 1.81. The summed E-state index contributed by atoms with van der Waals surface area (Å²) in [6, 6.07) is 6.47. The van der Waals surface area contributed by atoms with Crippen molar-refractivity contribution in [3.63, 3.8) is 0 Å². The summed E-state index contributed by atoms with van der Waals surface area (Å²) in [4.78, 5) is 14.7. The number of nitrogens with zero attached hydrogens (tertiary/aromatic N) is 1. The van der Waals surface area contributed by atoms with E-state index in [4.69, 9.17) is 0 Å². The minimum Gasteiger partial charge on any atom is -0.352 e. The number of piperidine rings is 1. The van der Waals surface area contributed by atoms with Crippen molar-refractivity contribution in [2.24, 2.45) is 0 Å². The fourth-order valence-corrected chi connectivity index (χ4v) is 3.34. The Morgan fingerprint density at radius 3 is 3.00 bits per heavy atom. The molecule has 1 heterocycles. The molecule has 0 aromatic heterocycles. The highest BCUT2D eigenvalue weighted by Crippen LogP contribution is 2.21. The van der Waals surface area contributed by atoms with Crippen LogP contribution >= 0.6 is 15.9 Å². The number of hydrogen-bond donors (Lipinski definition) is 1. The second-order valence-electron chi connectivity index (χ2n) is 5.93. The van der Waals surface area contributed by atoms with Crippen molar-refractivity contribution in [1.82, 2.24) is 10.2 Å². The Balaban J connectivity index is 1.75. The standard InChI is InChI=1S/C17H25BrN2O/c1-13-7-5-9-15(16(13)18)17(21)19-10-6-12-20-11-4-3-8-14(20)2/h5,7,9,14H,3-4,6,8,10-12H2,1-2H3,(H,19,21). The zero-order chi connectivity index (χ0) is 15.2. The van der Waals surface area contributed by atoms with Crippen LogP contribution in [0.3, 0.4) is 0 Å². The van der Waals surface area contributed by atoms with Crippen LogP contribution in [0.1, 0.15) is 48.5 Å². The smallest absolute Gasteiger partial charge is 0.252 e. The first-order chi connectivity index (χ1) is 10.1. The number of halogens is 1. The summed E-state index contributed by atoms with van der Waals surface area (Å²) >= 11 is 3.49. The molecule has 116 valence electrons. The predicted molar refractivity (Wildman–Crippen MR) is 90.7 cm³/mol. The van der Waals surface area contributed by atoms with Gasteiger partial charge >= 0.3 is 0 Å². The average Bonchev–Trinajstić information content (AvgIpc) is 2.48. The molecular weight excluding hydrogens is 328 g/mol. The van der Waals surface area contributed by atoms with Crippen LogP contribution in [0.2, 0.25) is 0 Å². The molecule has 1 unspecified atom stereocenters. The van der Waals surface area contributed by atoms with Crippen molar-refractivity contribution in [1.29, 1.82) is 0 Å². The van der Waals surface area contributed by atoms with Gasteiger partial charge in [-0.05, 0) is 67.2 Å². The molecule has 1 saturated heterocycles. The van der Waals surface area contributed by atoms with E-state index >= 15 is 0 Å². The molecule has 3 nitrogen and oxygen atoms in total. The summed E-state index contributed by atoms with van der Waals surface area (Å²) in [5, 5.41) is 3.03. The van der Waals surface area contributed by atoms with E-state index in [0.717, 1.165) is 35.1 Å². The number of nitrogens with one attached hydrogen (secondary N) is 1. The zero-order valence-electron chi connectivity index (χ0n) is 13.0. The first-order valence-corrected chi connectivity index (χ1v) is 8.66. The van der Waals surface area contributed by atoms with Gasteiger partial charge in [0.15, 0.2) is 0 Å². The van der Waals surface area contributed by atoms with Crippen LogP contribution in [0.15, 0.2) is 22.7 Å². The molecule has 1 fully saturated rings. The molecule has 1 atom stereocenters. The van der Waals surface area contributed by atoms with Crippen LogP contribution in [0, 0.1) is 6.92 Å². The first-order valence-electron chi connectivity index (χ1n) is 7.87. The highest BCUT2D eigenvalue weighted by atomic mass is 79.9. The maximum Gasteiger partial charge on any atom is 0.252 e. The van der Waals surface area contributed by atoms with Gasteiger partial charge in [-0.2, -0.15) is 0 Å². The number of aryl methyl sites for hydroxylation is 1.